The lowest BCUT2D eigenvalue weighted by Gasteiger charge is -2.44. The van der Waals surface area contributed by atoms with Gasteiger partial charge in [-0.2, -0.15) is 11.8 Å². The molecule has 1 aliphatic rings. The molecule has 1 saturated heterocycles. The number of nitrogens with two attached hydrogens (primary N) is 1. The van der Waals surface area contributed by atoms with Crippen molar-refractivity contribution in [1.29, 1.82) is 0 Å². The van der Waals surface area contributed by atoms with Crippen LogP contribution in [0.15, 0.2) is 0 Å². The van der Waals surface area contributed by atoms with Crippen molar-refractivity contribution in [3.63, 3.8) is 0 Å². The summed E-state index contributed by atoms with van der Waals surface area (Å²) in [7, 11) is 0. The van der Waals surface area contributed by atoms with Gasteiger partial charge in [0.2, 0.25) is 0 Å². The Morgan fingerprint density at radius 1 is 1.38 bits per heavy atom. The van der Waals surface area contributed by atoms with Gasteiger partial charge >= 0.3 is 0 Å². The molecule has 2 nitrogen and oxygen atoms in total. The minimum atomic E-state index is 0.196. The third kappa shape index (κ3) is 2.86. The van der Waals surface area contributed by atoms with Crippen molar-refractivity contribution in [2.24, 2.45) is 11.1 Å². The molecule has 0 aromatic carbocycles. The maximum absolute atomic E-state index is 5.87. The van der Waals surface area contributed by atoms with Gasteiger partial charge in [0, 0.05) is 17.8 Å². The van der Waals surface area contributed by atoms with Crippen LogP contribution in [0.1, 0.15) is 27.2 Å². The highest BCUT2D eigenvalue weighted by Gasteiger charge is 2.38. The third-order valence-corrected chi connectivity index (χ3v) is 4.37. The van der Waals surface area contributed by atoms with Crippen molar-refractivity contribution in [2.45, 2.75) is 32.7 Å². The molecule has 0 radical (unpaired) electrons. The summed E-state index contributed by atoms with van der Waals surface area (Å²) < 4.78 is 0. The van der Waals surface area contributed by atoms with Crippen molar-refractivity contribution >= 4 is 11.8 Å². The Balaban J connectivity index is 2.64. The van der Waals surface area contributed by atoms with Crippen molar-refractivity contribution in [3.05, 3.63) is 0 Å². The van der Waals surface area contributed by atoms with Crippen LogP contribution in [-0.2, 0) is 0 Å². The fraction of sp³-hybridized carbons (Fsp3) is 1.00. The van der Waals surface area contributed by atoms with Gasteiger partial charge in [-0.05, 0) is 24.1 Å². The molecule has 0 aromatic rings. The van der Waals surface area contributed by atoms with Gasteiger partial charge < -0.3 is 11.1 Å². The SMILES string of the molecule is CCNC1(CN)CSCC(C)(C)C1. The molecule has 3 N–H and O–H groups in total. The average Bonchev–Trinajstić information content (AvgIpc) is 2.03. The molecule has 13 heavy (non-hydrogen) atoms. The smallest absolute Gasteiger partial charge is 0.0400 e. The van der Waals surface area contributed by atoms with Crippen LogP contribution in [0.25, 0.3) is 0 Å². The summed E-state index contributed by atoms with van der Waals surface area (Å²) in [5.74, 6) is 2.43. The maximum Gasteiger partial charge on any atom is 0.0400 e. The molecule has 0 bridgehead atoms. The monoisotopic (exact) mass is 202 g/mol. The maximum atomic E-state index is 5.87. The molecule has 0 aliphatic carbocycles. The lowest BCUT2D eigenvalue weighted by molar-refractivity contribution is 0.232. The summed E-state index contributed by atoms with van der Waals surface area (Å²) in [6, 6.07) is 0. The Labute approximate surface area is 86.0 Å². The highest BCUT2D eigenvalue weighted by atomic mass is 32.2. The number of nitrogens with one attached hydrogen (secondary N) is 1. The number of likely N-dealkylation sites (N-methyl/N-ethyl adjacent to an activating group) is 1. The van der Waals surface area contributed by atoms with Gasteiger partial charge in [0.25, 0.3) is 0 Å². The summed E-state index contributed by atoms with van der Waals surface area (Å²) in [5.41, 5.74) is 6.50. The molecular weight excluding hydrogens is 180 g/mol. The number of hydrogen-bond donors (Lipinski definition) is 2. The third-order valence-electron chi connectivity index (χ3n) is 2.63. The summed E-state index contributed by atoms with van der Waals surface area (Å²) in [5, 5.41) is 3.56. The summed E-state index contributed by atoms with van der Waals surface area (Å²) in [6.45, 7) is 8.61. The van der Waals surface area contributed by atoms with E-state index in [1.807, 2.05) is 11.8 Å². The molecule has 0 aromatic heterocycles. The van der Waals surface area contributed by atoms with Crippen LogP contribution >= 0.6 is 11.8 Å². The molecule has 1 rings (SSSR count). The van der Waals surface area contributed by atoms with E-state index in [1.165, 1.54) is 17.9 Å². The minimum Gasteiger partial charge on any atom is -0.329 e. The quantitative estimate of drug-likeness (QED) is 0.727. The molecule has 0 saturated carbocycles. The number of thioether (sulfide) groups is 1. The first-order valence-corrected chi connectivity index (χ1v) is 6.22. The molecule has 3 heteroatoms. The zero-order valence-corrected chi connectivity index (χ0v) is 9.84. The fourth-order valence-electron chi connectivity index (χ4n) is 2.23. The zero-order chi connectivity index (χ0) is 9.95. The Bertz CT molecular complexity index is 166. The summed E-state index contributed by atoms with van der Waals surface area (Å²) in [6.07, 6.45) is 1.21. The molecule has 0 spiro atoms. The van der Waals surface area contributed by atoms with Gasteiger partial charge in [0.15, 0.2) is 0 Å². The standard InChI is InChI=1S/C10H22N2S/c1-4-12-10(6-11)5-9(2,3)7-13-8-10/h12H,4-8,11H2,1-3H3. The second kappa shape index (κ2) is 4.20. The Hall–Kier alpha value is 0.270. The van der Waals surface area contributed by atoms with Crippen LogP contribution in [0, 0.1) is 5.41 Å². The Morgan fingerprint density at radius 3 is 2.54 bits per heavy atom. The molecule has 1 atom stereocenters. The van der Waals surface area contributed by atoms with Crippen molar-refractivity contribution in [2.75, 3.05) is 24.6 Å². The predicted octanol–water partition coefficient (Wildman–Crippen LogP) is 1.46. The first kappa shape index (κ1) is 11.3. The molecular formula is C10H22N2S. The molecule has 1 aliphatic heterocycles. The zero-order valence-electron chi connectivity index (χ0n) is 9.02. The first-order chi connectivity index (χ1) is 6.04. The van der Waals surface area contributed by atoms with Gasteiger partial charge in [-0.1, -0.05) is 20.8 Å². The Kier molecular flexibility index (Phi) is 3.66. The average molecular weight is 202 g/mol. The van der Waals surface area contributed by atoms with Crippen LogP contribution in [0.2, 0.25) is 0 Å². The first-order valence-electron chi connectivity index (χ1n) is 5.06. The van der Waals surface area contributed by atoms with E-state index in [9.17, 15) is 0 Å². The van der Waals surface area contributed by atoms with Gasteiger partial charge in [-0.25, -0.2) is 0 Å². The topological polar surface area (TPSA) is 38.0 Å². The van der Waals surface area contributed by atoms with Crippen LogP contribution in [0.3, 0.4) is 0 Å². The van der Waals surface area contributed by atoms with E-state index in [2.05, 4.69) is 26.1 Å². The van der Waals surface area contributed by atoms with Gasteiger partial charge in [0.05, 0.1) is 0 Å². The predicted molar refractivity (Wildman–Crippen MR) is 61.2 cm³/mol. The molecule has 1 unspecified atom stereocenters. The van der Waals surface area contributed by atoms with E-state index in [-0.39, 0.29) is 5.54 Å². The summed E-state index contributed by atoms with van der Waals surface area (Å²) >= 11 is 2.03. The molecule has 1 fully saturated rings. The van der Waals surface area contributed by atoms with Gasteiger partial charge in [-0.15, -0.1) is 0 Å². The van der Waals surface area contributed by atoms with E-state index in [4.69, 9.17) is 5.73 Å². The van der Waals surface area contributed by atoms with E-state index in [1.54, 1.807) is 0 Å². The largest absolute Gasteiger partial charge is 0.329 e. The molecule has 0 amide bonds. The second-order valence-corrected chi connectivity index (χ2v) is 5.83. The minimum absolute atomic E-state index is 0.196. The highest BCUT2D eigenvalue weighted by molar-refractivity contribution is 7.99. The fourth-order valence-corrected chi connectivity index (χ4v) is 3.70. The highest BCUT2D eigenvalue weighted by Crippen LogP contribution is 2.38. The van der Waals surface area contributed by atoms with E-state index in [0.717, 1.165) is 13.1 Å². The van der Waals surface area contributed by atoms with Crippen LogP contribution in [-0.4, -0.2) is 30.1 Å². The lowest BCUT2D eigenvalue weighted by atomic mass is 9.80. The van der Waals surface area contributed by atoms with Gasteiger partial charge in [-0.3, -0.25) is 0 Å². The lowest BCUT2D eigenvalue weighted by Crippen LogP contribution is -2.58. The molecule has 1 heterocycles. The van der Waals surface area contributed by atoms with Gasteiger partial charge in [0.1, 0.15) is 0 Å². The van der Waals surface area contributed by atoms with Crippen molar-refractivity contribution in [3.8, 4) is 0 Å². The second-order valence-electron chi connectivity index (χ2n) is 4.85. The normalized spacial score (nSPS) is 33.2. The van der Waals surface area contributed by atoms with E-state index >= 15 is 0 Å². The van der Waals surface area contributed by atoms with Crippen LogP contribution in [0.4, 0.5) is 0 Å². The Morgan fingerprint density at radius 2 is 2.08 bits per heavy atom. The van der Waals surface area contributed by atoms with Crippen LogP contribution < -0.4 is 11.1 Å². The van der Waals surface area contributed by atoms with Crippen molar-refractivity contribution < 1.29 is 0 Å². The number of hydrogen-bond acceptors (Lipinski definition) is 3. The van der Waals surface area contributed by atoms with E-state index in [0.29, 0.717) is 5.41 Å². The molecule has 78 valence electrons. The van der Waals surface area contributed by atoms with E-state index < -0.39 is 0 Å². The van der Waals surface area contributed by atoms with Crippen LogP contribution in [0.5, 0.6) is 0 Å². The number of rotatable bonds is 3. The summed E-state index contributed by atoms with van der Waals surface area (Å²) in [4.78, 5) is 0. The van der Waals surface area contributed by atoms with Crippen molar-refractivity contribution in [1.82, 2.24) is 5.32 Å².